The van der Waals surface area contributed by atoms with E-state index >= 15 is 0 Å². The smallest absolute Gasteiger partial charge is 0.235 e. The Morgan fingerprint density at radius 2 is 1.94 bits per heavy atom. The van der Waals surface area contributed by atoms with Gasteiger partial charge in [-0.15, -0.1) is 5.54 Å². The zero-order valence-corrected chi connectivity index (χ0v) is 11.2. The van der Waals surface area contributed by atoms with Gasteiger partial charge in [-0.05, 0) is 11.6 Å². The lowest BCUT2D eigenvalue weighted by molar-refractivity contribution is -0.400. The Morgan fingerprint density at radius 1 is 1.29 bits per heavy atom. The van der Waals surface area contributed by atoms with Crippen molar-refractivity contribution in [3.63, 3.8) is 0 Å². The molecule has 88 valence electrons. The van der Waals surface area contributed by atoms with Crippen LogP contribution in [0.5, 0.6) is 0 Å². The number of nitrogens with zero attached hydrogens (tertiary/aromatic N) is 1. The topological polar surface area (TPSA) is 43.1 Å². The van der Waals surface area contributed by atoms with Crippen LogP contribution in [-0.4, -0.2) is 13.0 Å². The van der Waals surface area contributed by atoms with Gasteiger partial charge < -0.3 is 0 Å². The van der Waals surface area contributed by atoms with E-state index in [0.717, 1.165) is 17.3 Å². The van der Waals surface area contributed by atoms with Crippen LogP contribution in [0.3, 0.4) is 0 Å². The molecule has 0 bridgehead atoms. The van der Waals surface area contributed by atoms with Gasteiger partial charge in [0, 0.05) is 11.6 Å². The zero-order valence-electron chi connectivity index (χ0n) is 10.2. The summed E-state index contributed by atoms with van der Waals surface area (Å²) in [5.41, 5.74) is 4.88. The molecule has 0 N–H and O–H groups in total. The molecule has 0 atom stereocenters. The van der Waals surface area contributed by atoms with Gasteiger partial charge in [0.05, 0.1) is 4.92 Å². The maximum atomic E-state index is 10.3. The van der Waals surface area contributed by atoms with Crippen LogP contribution in [0.25, 0.3) is 6.08 Å². The third-order valence-corrected chi connectivity index (χ3v) is 2.78. The molecule has 3 nitrogen and oxygen atoms in total. The second-order valence-electron chi connectivity index (χ2n) is 4.69. The van der Waals surface area contributed by atoms with Crippen LogP contribution in [0.15, 0.2) is 30.5 Å². The van der Waals surface area contributed by atoms with Crippen LogP contribution in [0.2, 0.25) is 19.6 Å². The first-order valence-electron chi connectivity index (χ1n) is 5.32. The monoisotopic (exact) mass is 245 g/mol. The van der Waals surface area contributed by atoms with Crippen LogP contribution >= 0.6 is 0 Å². The van der Waals surface area contributed by atoms with Crippen LogP contribution in [0, 0.1) is 21.6 Å². The molecule has 1 rings (SSSR count). The molecule has 0 aliphatic carbocycles. The quantitative estimate of drug-likeness (QED) is 0.347. The van der Waals surface area contributed by atoms with Gasteiger partial charge in [0.1, 0.15) is 8.07 Å². The molecule has 1 aromatic rings. The second kappa shape index (κ2) is 5.46. The van der Waals surface area contributed by atoms with Crippen LogP contribution in [0.1, 0.15) is 11.1 Å². The Labute approximate surface area is 102 Å². The standard InChI is InChI=1S/C13H15NO2Si/c1-17(2,3)11-9-13-7-5-4-6-12(13)8-10-14(15)16/h4-8,10H,1-3H3. The van der Waals surface area contributed by atoms with Crippen molar-refractivity contribution in [2.24, 2.45) is 0 Å². The fourth-order valence-electron chi connectivity index (χ4n) is 1.15. The number of nitro groups is 1. The molecule has 0 aliphatic rings. The van der Waals surface area contributed by atoms with Gasteiger partial charge in [0.15, 0.2) is 0 Å². The van der Waals surface area contributed by atoms with Crippen molar-refractivity contribution in [3.8, 4) is 11.5 Å². The predicted octanol–water partition coefficient (Wildman–Crippen LogP) is 3.16. The molecule has 0 fully saturated rings. The molecule has 0 saturated heterocycles. The first kappa shape index (κ1) is 13.2. The molecule has 4 heteroatoms. The number of rotatable bonds is 2. The van der Waals surface area contributed by atoms with Crippen molar-refractivity contribution in [2.75, 3.05) is 0 Å². The van der Waals surface area contributed by atoms with Crippen molar-refractivity contribution in [1.82, 2.24) is 0 Å². The molecule has 1 aromatic carbocycles. The highest BCUT2D eigenvalue weighted by atomic mass is 28.3. The minimum absolute atomic E-state index is 0.470. The fraction of sp³-hybridized carbons (Fsp3) is 0.231. The summed E-state index contributed by atoms with van der Waals surface area (Å²) in [5, 5.41) is 10.3. The average Bonchev–Trinajstić information content (AvgIpc) is 2.23. The minimum Gasteiger partial charge on any atom is -0.259 e. The molecule has 17 heavy (non-hydrogen) atoms. The van der Waals surface area contributed by atoms with Gasteiger partial charge in [-0.1, -0.05) is 43.8 Å². The van der Waals surface area contributed by atoms with E-state index < -0.39 is 13.0 Å². The summed E-state index contributed by atoms with van der Waals surface area (Å²) >= 11 is 0. The molecular formula is C13H15NO2Si. The lowest BCUT2D eigenvalue weighted by Crippen LogP contribution is -2.16. The van der Waals surface area contributed by atoms with Crippen LogP contribution < -0.4 is 0 Å². The molecular weight excluding hydrogens is 230 g/mol. The van der Waals surface area contributed by atoms with Gasteiger partial charge in [0.25, 0.3) is 0 Å². The molecule has 0 aliphatic heterocycles. The highest BCUT2D eigenvalue weighted by molar-refractivity contribution is 6.83. The lowest BCUT2D eigenvalue weighted by atomic mass is 10.1. The molecule has 0 spiro atoms. The van der Waals surface area contributed by atoms with E-state index in [2.05, 4.69) is 31.1 Å². The Bertz CT molecular complexity index is 504. The molecule has 0 heterocycles. The number of hydrogen-bond donors (Lipinski definition) is 0. The summed E-state index contributed by atoms with van der Waals surface area (Å²) in [4.78, 5) is 9.82. The van der Waals surface area contributed by atoms with E-state index in [0.29, 0.717) is 0 Å². The summed E-state index contributed by atoms with van der Waals surface area (Å²) in [6.07, 6.45) is 2.42. The summed E-state index contributed by atoms with van der Waals surface area (Å²) in [6.45, 7) is 6.49. The second-order valence-corrected chi connectivity index (χ2v) is 9.44. The summed E-state index contributed by atoms with van der Waals surface area (Å²) in [6, 6.07) is 7.44. The van der Waals surface area contributed by atoms with Crippen LogP contribution in [0.4, 0.5) is 0 Å². The van der Waals surface area contributed by atoms with Gasteiger partial charge in [-0.2, -0.15) is 0 Å². The number of benzene rings is 1. The van der Waals surface area contributed by atoms with Gasteiger partial charge in [-0.3, -0.25) is 10.1 Å². The Morgan fingerprint density at radius 3 is 2.53 bits per heavy atom. The van der Waals surface area contributed by atoms with Crippen molar-refractivity contribution < 1.29 is 4.92 Å². The van der Waals surface area contributed by atoms with Crippen molar-refractivity contribution in [3.05, 3.63) is 51.7 Å². The maximum Gasteiger partial charge on any atom is 0.235 e. The average molecular weight is 245 g/mol. The minimum atomic E-state index is -1.43. The molecule has 0 amide bonds. The van der Waals surface area contributed by atoms with Crippen molar-refractivity contribution in [2.45, 2.75) is 19.6 Å². The third kappa shape index (κ3) is 5.14. The van der Waals surface area contributed by atoms with E-state index in [1.807, 2.05) is 24.3 Å². The number of hydrogen-bond acceptors (Lipinski definition) is 2. The summed E-state index contributed by atoms with van der Waals surface area (Å²) in [5.74, 6) is 3.11. The van der Waals surface area contributed by atoms with Crippen molar-refractivity contribution in [1.29, 1.82) is 0 Å². The van der Waals surface area contributed by atoms with Crippen molar-refractivity contribution >= 4 is 14.1 Å². The molecule has 0 saturated carbocycles. The highest BCUT2D eigenvalue weighted by Crippen LogP contribution is 2.10. The van der Waals surface area contributed by atoms with Crippen LogP contribution in [-0.2, 0) is 0 Å². The van der Waals surface area contributed by atoms with Gasteiger partial charge >= 0.3 is 0 Å². The van der Waals surface area contributed by atoms with E-state index in [4.69, 9.17) is 0 Å². The molecule has 0 aromatic heterocycles. The molecule has 0 unspecified atom stereocenters. The lowest BCUT2D eigenvalue weighted by Gasteiger charge is -2.04. The fourth-order valence-corrected chi connectivity index (χ4v) is 1.66. The Balaban J connectivity index is 3.07. The van der Waals surface area contributed by atoms with E-state index in [1.54, 1.807) is 0 Å². The van der Waals surface area contributed by atoms with Gasteiger partial charge in [0.2, 0.25) is 6.20 Å². The summed E-state index contributed by atoms with van der Waals surface area (Å²) < 4.78 is 0. The summed E-state index contributed by atoms with van der Waals surface area (Å²) in [7, 11) is -1.43. The third-order valence-electron chi connectivity index (χ3n) is 1.91. The Hall–Kier alpha value is -1.86. The van der Waals surface area contributed by atoms with E-state index in [9.17, 15) is 10.1 Å². The SMILES string of the molecule is C[Si](C)(C)C#Cc1ccccc1C=C[N+](=O)[O-]. The highest BCUT2D eigenvalue weighted by Gasteiger charge is 2.07. The first-order valence-corrected chi connectivity index (χ1v) is 8.82. The first-order chi connectivity index (χ1) is 7.88. The zero-order chi connectivity index (χ0) is 12.9. The van der Waals surface area contributed by atoms with E-state index in [-0.39, 0.29) is 0 Å². The Kier molecular flexibility index (Phi) is 4.24. The van der Waals surface area contributed by atoms with E-state index in [1.165, 1.54) is 6.08 Å². The normalized spacial score (nSPS) is 11.0. The maximum absolute atomic E-state index is 10.3. The van der Waals surface area contributed by atoms with Gasteiger partial charge in [-0.25, -0.2) is 0 Å². The largest absolute Gasteiger partial charge is 0.259 e. The molecule has 0 radical (unpaired) electrons. The predicted molar refractivity (Wildman–Crippen MR) is 72.7 cm³/mol.